The number of unbranched alkanes of at least 4 members (excludes halogenated alkanes) is 1. The summed E-state index contributed by atoms with van der Waals surface area (Å²) in [5.74, 6) is 1.02. The van der Waals surface area contributed by atoms with E-state index in [4.69, 9.17) is 4.99 Å². The number of hydrogen-bond donors (Lipinski definition) is 1. The van der Waals surface area contributed by atoms with Gasteiger partial charge in [0.2, 0.25) is 0 Å². The van der Waals surface area contributed by atoms with Crippen molar-refractivity contribution in [2.24, 2.45) is 4.99 Å². The minimum absolute atomic E-state index is 0. The van der Waals surface area contributed by atoms with Crippen molar-refractivity contribution in [1.82, 2.24) is 14.8 Å². The molecule has 0 atom stereocenters. The van der Waals surface area contributed by atoms with E-state index < -0.39 is 0 Å². The Bertz CT molecular complexity index is 813. The molecular formula is C21H32IN5OS. The van der Waals surface area contributed by atoms with Crippen LogP contribution in [-0.2, 0) is 6.54 Å². The normalized spacial score (nSPS) is 14.6. The SMILES string of the molecule is CCNC(=NCCCCn1c(C)cccc1=O)N1CCN(c2cccs2)CC1.I. The molecule has 6 nitrogen and oxygen atoms in total. The number of hydrogen-bond acceptors (Lipinski definition) is 4. The van der Waals surface area contributed by atoms with E-state index >= 15 is 0 Å². The van der Waals surface area contributed by atoms with Gasteiger partial charge in [-0.2, -0.15) is 0 Å². The third-order valence-electron chi connectivity index (χ3n) is 5.05. The smallest absolute Gasteiger partial charge is 0.250 e. The topological polar surface area (TPSA) is 52.9 Å². The van der Waals surface area contributed by atoms with Gasteiger partial charge in [-0.05, 0) is 50.3 Å². The van der Waals surface area contributed by atoms with Gasteiger partial charge in [0.05, 0.1) is 5.00 Å². The summed E-state index contributed by atoms with van der Waals surface area (Å²) in [6, 6.07) is 9.74. The average Bonchev–Trinajstić information content (AvgIpc) is 3.24. The first-order valence-electron chi connectivity index (χ1n) is 10.2. The molecule has 3 heterocycles. The van der Waals surface area contributed by atoms with Gasteiger partial charge in [0.25, 0.3) is 5.56 Å². The number of nitrogens with one attached hydrogen (secondary N) is 1. The molecule has 29 heavy (non-hydrogen) atoms. The lowest BCUT2D eigenvalue weighted by molar-refractivity contribution is 0.373. The highest BCUT2D eigenvalue weighted by Gasteiger charge is 2.20. The van der Waals surface area contributed by atoms with Crippen LogP contribution < -0.4 is 15.8 Å². The molecule has 1 fully saturated rings. The Kier molecular flexibility index (Phi) is 9.99. The van der Waals surface area contributed by atoms with E-state index in [1.807, 2.05) is 23.6 Å². The first kappa shape index (κ1) is 23.7. The summed E-state index contributed by atoms with van der Waals surface area (Å²) in [5.41, 5.74) is 1.11. The fourth-order valence-corrected chi connectivity index (χ4v) is 4.28. The molecule has 1 saturated heterocycles. The quantitative estimate of drug-likeness (QED) is 0.259. The number of guanidine groups is 1. The number of halogens is 1. The van der Waals surface area contributed by atoms with Crippen molar-refractivity contribution in [2.75, 3.05) is 44.2 Å². The van der Waals surface area contributed by atoms with Gasteiger partial charge in [0.1, 0.15) is 0 Å². The molecule has 0 radical (unpaired) electrons. The highest BCUT2D eigenvalue weighted by atomic mass is 127. The van der Waals surface area contributed by atoms with Crippen molar-refractivity contribution in [3.63, 3.8) is 0 Å². The number of nitrogens with zero attached hydrogens (tertiary/aromatic N) is 4. The van der Waals surface area contributed by atoms with Gasteiger partial charge >= 0.3 is 0 Å². The number of aryl methyl sites for hydroxylation is 1. The van der Waals surface area contributed by atoms with Crippen LogP contribution >= 0.6 is 35.3 Å². The fourth-order valence-electron chi connectivity index (χ4n) is 3.49. The molecular weight excluding hydrogens is 497 g/mol. The number of piperazine rings is 1. The Hall–Kier alpha value is -1.55. The van der Waals surface area contributed by atoms with Crippen molar-refractivity contribution < 1.29 is 0 Å². The summed E-state index contributed by atoms with van der Waals surface area (Å²) in [7, 11) is 0. The first-order chi connectivity index (χ1) is 13.7. The largest absolute Gasteiger partial charge is 0.360 e. The Morgan fingerprint density at radius 1 is 1.14 bits per heavy atom. The molecule has 0 bridgehead atoms. The second-order valence-corrected chi connectivity index (χ2v) is 7.95. The predicted molar refractivity (Wildman–Crippen MR) is 134 cm³/mol. The molecule has 2 aromatic heterocycles. The molecule has 0 aliphatic carbocycles. The van der Waals surface area contributed by atoms with Gasteiger partial charge in [0.15, 0.2) is 5.96 Å². The van der Waals surface area contributed by atoms with Crippen LogP contribution in [0.2, 0.25) is 0 Å². The lowest BCUT2D eigenvalue weighted by Gasteiger charge is -2.37. The zero-order valence-corrected chi connectivity index (χ0v) is 20.5. The monoisotopic (exact) mass is 529 g/mol. The molecule has 0 spiro atoms. The van der Waals surface area contributed by atoms with E-state index in [2.05, 4.69) is 39.6 Å². The minimum atomic E-state index is 0. The Morgan fingerprint density at radius 2 is 1.93 bits per heavy atom. The van der Waals surface area contributed by atoms with Gasteiger partial charge < -0.3 is 19.7 Å². The van der Waals surface area contributed by atoms with E-state index in [1.54, 1.807) is 17.4 Å². The summed E-state index contributed by atoms with van der Waals surface area (Å²) in [5, 5.41) is 6.93. The van der Waals surface area contributed by atoms with Gasteiger partial charge in [-0.3, -0.25) is 9.79 Å². The second kappa shape index (κ2) is 12.2. The van der Waals surface area contributed by atoms with Gasteiger partial charge in [-0.15, -0.1) is 35.3 Å². The third kappa shape index (κ3) is 6.74. The summed E-state index contributed by atoms with van der Waals surface area (Å²) in [4.78, 5) is 21.6. The van der Waals surface area contributed by atoms with Crippen LogP contribution in [-0.4, -0.2) is 54.7 Å². The zero-order valence-electron chi connectivity index (χ0n) is 17.3. The number of thiophene rings is 1. The molecule has 1 N–H and O–H groups in total. The molecule has 3 rings (SSSR count). The Morgan fingerprint density at radius 3 is 2.59 bits per heavy atom. The number of pyridine rings is 1. The summed E-state index contributed by atoms with van der Waals surface area (Å²) in [6.45, 7) is 10.6. The third-order valence-corrected chi connectivity index (χ3v) is 5.98. The standard InChI is InChI=1S/C21H31N5OS.HI/c1-3-22-21(25-15-13-24(14-16-25)20-10-7-17-28-20)23-11-4-5-12-26-18(2)8-6-9-19(26)27;/h6-10,17H,3-5,11-16H2,1-2H3,(H,22,23);1H. The van der Waals surface area contributed by atoms with Crippen LogP contribution in [0.15, 0.2) is 45.5 Å². The second-order valence-electron chi connectivity index (χ2n) is 7.03. The van der Waals surface area contributed by atoms with E-state index in [0.717, 1.165) is 70.3 Å². The van der Waals surface area contributed by atoms with Gasteiger partial charge in [0, 0.05) is 57.6 Å². The molecule has 0 aromatic carbocycles. The molecule has 0 unspecified atom stereocenters. The Balaban J connectivity index is 0.00000300. The van der Waals surface area contributed by atoms with Crippen molar-refractivity contribution in [1.29, 1.82) is 0 Å². The molecule has 0 saturated carbocycles. The average molecular weight is 529 g/mol. The maximum Gasteiger partial charge on any atom is 0.250 e. The number of rotatable bonds is 7. The van der Waals surface area contributed by atoms with Gasteiger partial charge in [-0.25, -0.2) is 0 Å². The molecule has 1 aliphatic heterocycles. The minimum Gasteiger partial charge on any atom is -0.360 e. The summed E-state index contributed by atoms with van der Waals surface area (Å²) < 4.78 is 1.85. The van der Waals surface area contributed by atoms with Crippen LogP contribution in [0.3, 0.4) is 0 Å². The zero-order chi connectivity index (χ0) is 19.8. The van der Waals surface area contributed by atoms with Gasteiger partial charge in [-0.1, -0.05) is 6.07 Å². The predicted octanol–water partition coefficient (Wildman–Crippen LogP) is 3.40. The number of aliphatic imine (C=N–C) groups is 1. The molecule has 8 heteroatoms. The van der Waals surface area contributed by atoms with Crippen LogP contribution in [0.4, 0.5) is 5.00 Å². The molecule has 1 aliphatic rings. The number of aromatic nitrogens is 1. The lowest BCUT2D eigenvalue weighted by atomic mass is 10.3. The van der Waals surface area contributed by atoms with Crippen molar-refractivity contribution in [2.45, 2.75) is 33.2 Å². The first-order valence-corrected chi connectivity index (χ1v) is 11.0. The van der Waals surface area contributed by atoms with E-state index in [9.17, 15) is 4.79 Å². The van der Waals surface area contributed by atoms with E-state index in [-0.39, 0.29) is 29.5 Å². The lowest BCUT2D eigenvalue weighted by Crippen LogP contribution is -2.52. The maximum atomic E-state index is 11.9. The van der Waals surface area contributed by atoms with Crippen LogP contribution in [0.1, 0.15) is 25.5 Å². The van der Waals surface area contributed by atoms with Crippen LogP contribution in [0.25, 0.3) is 0 Å². The molecule has 2 aromatic rings. The van der Waals surface area contributed by atoms with Crippen molar-refractivity contribution in [3.05, 3.63) is 51.8 Å². The van der Waals surface area contributed by atoms with Crippen molar-refractivity contribution >= 4 is 46.3 Å². The summed E-state index contributed by atoms with van der Waals surface area (Å²) >= 11 is 1.81. The Labute approximate surface area is 194 Å². The van der Waals surface area contributed by atoms with Crippen LogP contribution in [0.5, 0.6) is 0 Å². The molecule has 0 amide bonds. The highest BCUT2D eigenvalue weighted by Crippen LogP contribution is 2.22. The van der Waals surface area contributed by atoms with Crippen molar-refractivity contribution in [3.8, 4) is 0 Å². The maximum absolute atomic E-state index is 11.9. The number of anilines is 1. The highest BCUT2D eigenvalue weighted by molar-refractivity contribution is 14.0. The van der Waals surface area contributed by atoms with Crippen LogP contribution in [0, 0.1) is 6.92 Å². The fraction of sp³-hybridized carbons (Fsp3) is 0.524. The van der Waals surface area contributed by atoms with E-state index in [1.165, 1.54) is 5.00 Å². The molecule has 160 valence electrons. The van der Waals surface area contributed by atoms with E-state index in [0.29, 0.717) is 0 Å². The summed E-state index contributed by atoms with van der Waals surface area (Å²) in [6.07, 6.45) is 1.94.